The Labute approximate surface area is 95.0 Å². The van der Waals surface area contributed by atoms with E-state index in [1.54, 1.807) is 0 Å². The van der Waals surface area contributed by atoms with Gasteiger partial charge in [0.2, 0.25) is 0 Å². The fourth-order valence-electron chi connectivity index (χ4n) is 1.66. The minimum Gasteiger partial charge on any atom is -0.408 e. The lowest BCUT2D eigenvalue weighted by molar-refractivity contribution is 0.138. The first-order chi connectivity index (χ1) is 6.85. The van der Waals surface area contributed by atoms with Crippen LogP contribution in [0.15, 0.2) is 12.2 Å². The molecule has 2 heteroatoms. The second-order valence-corrected chi connectivity index (χ2v) is 10.0. The third-order valence-electron chi connectivity index (χ3n) is 2.34. The van der Waals surface area contributed by atoms with Crippen LogP contribution in [0.4, 0.5) is 0 Å². The van der Waals surface area contributed by atoms with Gasteiger partial charge in [-0.3, -0.25) is 0 Å². The maximum absolute atomic E-state index is 6.15. The Bertz CT molecular complexity index is 278. The van der Waals surface area contributed by atoms with Crippen LogP contribution in [-0.2, 0) is 4.43 Å². The van der Waals surface area contributed by atoms with E-state index in [-0.39, 0.29) is 5.60 Å². The zero-order valence-electron chi connectivity index (χ0n) is 10.3. The van der Waals surface area contributed by atoms with Crippen LogP contribution in [0.2, 0.25) is 19.6 Å². The summed E-state index contributed by atoms with van der Waals surface area (Å²) in [5.41, 5.74) is -0.248. The van der Waals surface area contributed by atoms with Crippen molar-refractivity contribution in [2.45, 2.75) is 51.4 Å². The van der Waals surface area contributed by atoms with E-state index in [1.807, 2.05) is 0 Å². The van der Waals surface area contributed by atoms with E-state index in [1.165, 1.54) is 12.8 Å². The van der Waals surface area contributed by atoms with Crippen molar-refractivity contribution in [3.63, 3.8) is 0 Å². The number of terminal acetylenes is 1. The molecule has 0 heterocycles. The van der Waals surface area contributed by atoms with Gasteiger partial charge in [-0.25, -0.2) is 0 Å². The lowest BCUT2D eigenvalue weighted by atomic mass is 10.0. The molecule has 0 bridgehead atoms. The zero-order valence-corrected chi connectivity index (χ0v) is 11.3. The van der Waals surface area contributed by atoms with E-state index >= 15 is 0 Å². The maximum atomic E-state index is 6.15. The largest absolute Gasteiger partial charge is 0.408 e. The molecule has 0 aromatic carbocycles. The third kappa shape index (κ3) is 5.20. The molecule has 84 valence electrons. The standard InChI is InChI=1S/C13H22OSi/c1-6-10-13(2,14-15(3,4)5)11-9-12-7-8-12/h1,9,11-12H,7-8,10H2,2-5H3/b11-9+/t13-/m1/s1. The van der Waals surface area contributed by atoms with Crippen LogP contribution in [0.1, 0.15) is 26.2 Å². The van der Waals surface area contributed by atoms with Gasteiger partial charge in [0.1, 0.15) is 0 Å². The van der Waals surface area contributed by atoms with Crippen molar-refractivity contribution < 1.29 is 4.43 Å². The van der Waals surface area contributed by atoms with E-state index < -0.39 is 8.32 Å². The number of allylic oxidation sites excluding steroid dienone is 1. The predicted molar refractivity (Wildman–Crippen MR) is 68.2 cm³/mol. The second-order valence-electron chi connectivity index (χ2n) is 5.60. The summed E-state index contributed by atoms with van der Waals surface area (Å²) in [4.78, 5) is 0. The minimum atomic E-state index is -1.53. The lowest BCUT2D eigenvalue weighted by Crippen LogP contribution is -2.39. The van der Waals surface area contributed by atoms with Gasteiger partial charge in [0, 0.05) is 6.42 Å². The van der Waals surface area contributed by atoms with E-state index in [0.717, 1.165) is 5.92 Å². The number of hydrogen-bond acceptors (Lipinski definition) is 1. The van der Waals surface area contributed by atoms with Gasteiger partial charge in [-0.1, -0.05) is 12.2 Å². The number of hydrogen-bond donors (Lipinski definition) is 0. The fraction of sp³-hybridized carbons (Fsp3) is 0.692. The summed E-state index contributed by atoms with van der Waals surface area (Å²) in [5.74, 6) is 3.51. The average Bonchev–Trinajstić information content (AvgIpc) is 2.80. The van der Waals surface area contributed by atoms with Gasteiger partial charge in [0.05, 0.1) is 5.60 Å². The van der Waals surface area contributed by atoms with E-state index in [0.29, 0.717) is 6.42 Å². The smallest absolute Gasteiger partial charge is 0.184 e. The van der Waals surface area contributed by atoms with Crippen molar-refractivity contribution in [3.8, 4) is 12.3 Å². The van der Waals surface area contributed by atoms with Crippen LogP contribution in [-0.4, -0.2) is 13.9 Å². The van der Waals surface area contributed by atoms with Crippen molar-refractivity contribution in [1.29, 1.82) is 0 Å². The Morgan fingerprint density at radius 3 is 2.47 bits per heavy atom. The van der Waals surface area contributed by atoms with Gasteiger partial charge in [-0.05, 0) is 45.3 Å². The Balaban J connectivity index is 2.63. The predicted octanol–water partition coefficient (Wildman–Crippen LogP) is 3.59. The minimum absolute atomic E-state index is 0.248. The molecule has 1 saturated carbocycles. The molecule has 1 aliphatic rings. The van der Waals surface area contributed by atoms with Crippen molar-refractivity contribution in [2.75, 3.05) is 0 Å². The molecule has 0 aromatic heterocycles. The lowest BCUT2D eigenvalue weighted by Gasteiger charge is -2.32. The van der Waals surface area contributed by atoms with Crippen LogP contribution in [0, 0.1) is 18.3 Å². The van der Waals surface area contributed by atoms with E-state index in [2.05, 4.69) is 44.6 Å². The van der Waals surface area contributed by atoms with Crippen molar-refractivity contribution in [1.82, 2.24) is 0 Å². The average molecular weight is 222 g/mol. The van der Waals surface area contributed by atoms with Crippen LogP contribution >= 0.6 is 0 Å². The van der Waals surface area contributed by atoms with Gasteiger partial charge in [0.25, 0.3) is 0 Å². The Morgan fingerprint density at radius 2 is 2.07 bits per heavy atom. The molecule has 0 aromatic rings. The number of rotatable bonds is 5. The van der Waals surface area contributed by atoms with Gasteiger partial charge in [-0.2, -0.15) is 0 Å². The Kier molecular flexibility index (Phi) is 3.80. The summed E-state index contributed by atoms with van der Waals surface area (Å²) in [6.45, 7) is 8.70. The topological polar surface area (TPSA) is 9.23 Å². The normalized spacial score (nSPS) is 21.3. The van der Waals surface area contributed by atoms with Crippen LogP contribution < -0.4 is 0 Å². The van der Waals surface area contributed by atoms with Crippen molar-refractivity contribution >= 4 is 8.32 Å². The summed E-state index contributed by atoms with van der Waals surface area (Å²) in [7, 11) is -1.53. The molecule has 1 fully saturated rings. The van der Waals surface area contributed by atoms with E-state index in [9.17, 15) is 0 Å². The first-order valence-electron chi connectivity index (χ1n) is 5.68. The summed E-state index contributed by atoms with van der Waals surface area (Å²) in [6, 6.07) is 0. The molecule has 0 spiro atoms. The highest BCUT2D eigenvalue weighted by Gasteiger charge is 2.29. The molecular formula is C13H22OSi. The summed E-state index contributed by atoms with van der Waals surface area (Å²) < 4.78 is 6.15. The summed E-state index contributed by atoms with van der Waals surface area (Å²) in [5, 5.41) is 0. The molecule has 1 nitrogen and oxygen atoms in total. The van der Waals surface area contributed by atoms with Gasteiger partial charge in [-0.15, -0.1) is 12.3 Å². The SMILES string of the molecule is C#CC[C@](C)(/C=C/C1CC1)O[Si](C)(C)C. The van der Waals surface area contributed by atoms with Crippen molar-refractivity contribution in [2.24, 2.45) is 5.92 Å². The highest BCUT2D eigenvalue weighted by atomic mass is 28.4. The third-order valence-corrected chi connectivity index (χ3v) is 3.41. The van der Waals surface area contributed by atoms with Crippen LogP contribution in [0.25, 0.3) is 0 Å². The molecule has 1 atom stereocenters. The van der Waals surface area contributed by atoms with Gasteiger partial charge >= 0.3 is 0 Å². The molecule has 0 saturated heterocycles. The molecule has 0 radical (unpaired) electrons. The van der Waals surface area contributed by atoms with Crippen LogP contribution in [0.3, 0.4) is 0 Å². The van der Waals surface area contributed by atoms with E-state index in [4.69, 9.17) is 10.8 Å². The van der Waals surface area contributed by atoms with Gasteiger partial charge in [0.15, 0.2) is 8.32 Å². The molecule has 1 rings (SSSR count). The molecule has 0 amide bonds. The molecule has 15 heavy (non-hydrogen) atoms. The molecule has 0 unspecified atom stereocenters. The van der Waals surface area contributed by atoms with Crippen LogP contribution in [0.5, 0.6) is 0 Å². The molecule has 1 aliphatic carbocycles. The fourth-order valence-corrected chi connectivity index (χ4v) is 3.20. The molecule has 0 N–H and O–H groups in total. The monoisotopic (exact) mass is 222 g/mol. The first-order valence-corrected chi connectivity index (χ1v) is 9.08. The van der Waals surface area contributed by atoms with Crippen molar-refractivity contribution in [3.05, 3.63) is 12.2 Å². The van der Waals surface area contributed by atoms with Gasteiger partial charge < -0.3 is 4.43 Å². The highest BCUT2D eigenvalue weighted by molar-refractivity contribution is 6.69. The Hall–Kier alpha value is -0.523. The first kappa shape index (κ1) is 12.5. The highest BCUT2D eigenvalue weighted by Crippen LogP contribution is 2.32. The summed E-state index contributed by atoms with van der Waals surface area (Å²) >= 11 is 0. The zero-order chi connectivity index (χ0) is 11.5. The Morgan fingerprint density at radius 1 is 1.47 bits per heavy atom. The molecular weight excluding hydrogens is 200 g/mol. The quantitative estimate of drug-likeness (QED) is 0.392. The molecule has 0 aliphatic heterocycles. The maximum Gasteiger partial charge on any atom is 0.184 e. The summed E-state index contributed by atoms with van der Waals surface area (Å²) in [6.07, 6.45) is 13.2. The second kappa shape index (κ2) is 4.55.